The summed E-state index contributed by atoms with van der Waals surface area (Å²) in [6, 6.07) is 2.34. The molecule has 0 saturated carbocycles. The van der Waals surface area contributed by atoms with Gasteiger partial charge in [-0.2, -0.15) is 0 Å². The van der Waals surface area contributed by atoms with Gasteiger partial charge in [0.2, 0.25) is 0 Å². The molecule has 5 heteroatoms. The number of ether oxygens (including phenoxy) is 1. The minimum atomic E-state index is -0.631. The van der Waals surface area contributed by atoms with Crippen molar-refractivity contribution in [2.45, 2.75) is 44.4 Å². The molecule has 0 aliphatic carbocycles. The number of rotatable bonds is 3. The van der Waals surface area contributed by atoms with Crippen LogP contribution >= 0.6 is 11.6 Å². The summed E-state index contributed by atoms with van der Waals surface area (Å²) in [6.45, 7) is 5.13. The van der Waals surface area contributed by atoms with Gasteiger partial charge in [-0.15, -0.1) is 0 Å². The van der Waals surface area contributed by atoms with Gasteiger partial charge in [0.25, 0.3) is 0 Å². The zero-order valence-corrected chi connectivity index (χ0v) is 13.2. The van der Waals surface area contributed by atoms with Crippen LogP contribution in [-0.4, -0.2) is 46.4 Å². The maximum absolute atomic E-state index is 10.7. The number of pyridine rings is 1. The lowest BCUT2D eigenvalue weighted by atomic mass is 9.79. The van der Waals surface area contributed by atoms with E-state index in [-0.39, 0.29) is 5.92 Å². The first kappa shape index (κ1) is 15.2. The molecule has 0 unspecified atom stereocenters. The molecule has 3 heterocycles. The molecular weight excluding hydrogens is 288 g/mol. The van der Waals surface area contributed by atoms with Gasteiger partial charge in [-0.05, 0) is 44.4 Å². The van der Waals surface area contributed by atoms with Crippen molar-refractivity contribution in [2.24, 2.45) is 5.92 Å². The van der Waals surface area contributed by atoms with E-state index >= 15 is 0 Å². The van der Waals surface area contributed by atoms with Crippen LogP contribution in [0.2, 0.25) is 5.02 Å². The molecule has 0 aromatic carbocycles. The Morgan fingerprint density at radius 2 is 2.43 bits per heavy atom. The summed E-state index contributed by atoms with van der Waals surface area (Å²) in [6.07, 6.45) is 6.48. The van der Waals surface area contributed by atoms with E-state index in [4.69, 9.17) is 16.3 Å². The van der Waals surface area contributed by atoms with Crippen LogP contribution < -0.4 is 0 Å². The molecule has 116 valence electrons. The summed E-state index contributed by atoms with van der Waals surface area (Å²) in [4.78, 5) is 6.48. The van der Waals surface area contributed by atoms with Gasteiger partial charge in [0.1, 0.15) is 0 Å². The second-order valence-electron chi connectivity index (χ2n) is 6.44. The Balaban J connectivity index is 1.75. The fraction of sp³-hybridized carbons (Fsp3) is 0.688. The Labute approximate surface area is 131 Å². The highest BCUT2D eigenvalue weighted by atomic mass is 35.5. The minimum absolute atomic E-state index is 0.175. The molecule has 2 aliphatic heterocycles. The van der Waals surface area contributed by atoms with Crippen LogP contribution in [0.1, 0.15) is 31.7 Å². The van der Waals surface area contributed by atoms with E-state index in [1.165, 1.54) is 6.42 Å². The third-order valence-electron chi connectivity index (χ3n) is 4.96. The molecular formula is C16H23ClN2O2. The largest absolute Gasteiger partial charge is 0.390 e. The summed E-state index contributed by atoms with van der Waals surface area (Å²) >= 11 is 6.23. The topological polar surface area (TPSA) is 45.6 Å². The molecule has 2 aliphatic rings. The van der Waals surface area contributed by atoms with Gasteiger partial charge >= 0.3 is 0 Å². The lowest BCUT2D eigenvalue weighted by Crippen LogP contribution is -2.52. The van der Waals surface area contributed by atoms with E-state index < -0.39 is 5.60 Å². The number of aliphatic hydroxyl groups is 1. The molecule has 2 saturated heterocycles. The first-order valence-corrected chi connectivity index (χ1v) is 8.08. The van der Waals surface area contributed by atoms with Gasteiger partial charge in [-0.1, -0.05) is 11.6 Å². The molecule has 4 nitrogen and oxygen atoms in total. The maximum atomic E-state index is 10.7. The number of nitrogens with zero attached hydrogens (tertiary/aromatic N) is 2. The second kappa shape index (κ2) is 6.21. The maximum Gasteiger partial charge on any atom is 0.0706 e. The van der Waals surface area contributed by atoms with Crippen LogP contribution in [0.25, 0.3) is 0 Å². The van der Waals surface area contributed by atoms with E-state index in [1.54, 1.807) is 12.4 Å². The highest BCUT2D eigenvalue weighted by molar-refractivity contribution is 6.31. The van der Waals surface area contributed by atoms with Crippen molar-refractivity contribution in [1.29, 1.82) is 0 Å². The highest BCUT2D eigenvalue weighted by Crippen LogP contribution is 2.36. The quantitative estimate of drug-likeness (QED) is 0.931. The highest BCUT2D eigenvalue weighted by Gasteiger charge is 2.43. The van der Waals surface area contributed by atoms with Crippen LogP contribution in [0.3, 0.4) is 0 Å². The molecule has 0 spiro atoms. The number of aromatic nitrogens is 1. The summed E-state index contributed by atoms with van der Waals surface area (Å²) < 4.78 is 5.63. The number of hydrogen-bond acceptors (Lipinski definition) is 4. The van der Waals surface area contributed by atoms with Gasteiger partial charge < -0.3 is 9.84 Å². The molecule has 2 fully saturated rings. The molecule has 1 aromatic rings. The molecule has 3 atom stereocenters. The van der Waals surface area contributed by atoms with E-state index in [2.05, 4.69) is 9.88 Å². The second-order valence-corrected chi connectivity index (χ2v) is 6.84. The predicted molar refractivity (Wildman–Crippen MR) is 82.2 cm³/mol. The Morgan fingerprint density at radius 1 is 1.57 bits per heavy atom. The summed E-state index contributed by atoms with van der Waals surface area (Å²) in [5.74, 6) is 0.175. The van der Waals surface area contributed by atoms with Crippen LogP contribution in [0.4, 0.5) is 0 Å². The first-order valence-electron chi connectivity index (χ1n) is 7.70. The third-order valence-corrected chi connectivity index (χ3v) is 5.30. The fourth-order valence-corrected chi connectivity index (χ4v) is 3.81. The number of hydrogen-bond donors (Lipinski definition) is 1. The molecule has 0 radical (unpaired) electrons. The van der Waals surface area contributed by atoms with Gasteiger partial charge in [0.05, 0.1) is 17.2 Å². The predicted octanol–water partition coefficient (Wildman–Crippen LogP) is 2.49. The molecule has 1 aromatic heterocycles. The zero-order valence-electron chi connectivity index (χ0n) is 12.5. The smallest absolute Gasteiger partial charge is 0.0706 e. The molecule has 1 N–H and O–H groups in total. The Morgan fingerprint density at radius 3 is 3.19 bits per heavy atom. The minimum Gasteiger partial charge on any atom is -0.390 e. The summed E-state index contributed by atoms with van der Waals surface area (Å²) in [5.41, 5.74) is 0.475. The van der Waals surface area contributed by atoms with Gasteiger partial charge in [0, 0.05) is 37.5 Å². The van der Waals surface area contributed by atoms with Crippen molar-refractivity contribution in [2.75, 3.05) is 19.8 Å². The van der Waals surface area contributed by atoms with Crippen LogP contribution in [-0.2, 0) is 11.3 Å². The summed E-state index contributed by atoms with van der Waals surface area (Å²) in [5, 5.41) is 11.4. The van der Waals surface area contributed by atoms with Crippen molar-refractivity contribution < 1.29 is 9.84 Å². The van der Waals surface area contributed by atoms with Crippen LogP contribution in [0.5, 0.6) is 0 Å². The Hall–Kier alpha value is -0.680. The molecule has 0 amide bonds. The first-order chi connectivity index (χ1) is 10.1. The van der Waals surface area contributed by atoms with E-state index in [9.17, 15) is 5.11 Å². The molecule has 0 bridgehead atoms. The SMILES string of the molecule is C[C@]1(O)CCOC[C@H]1[C@H]1CCCN1Cc1ccncc1Cl. The van der Waals surface area contributed by atoms with E-state index in [1.807, 2.05) is 13.0 Å². The van der Waals surface area contributed by atoms with Crippen molar-refractivity contribution in [3.8, 4) is 0 Å². The van der Waals surface area contributed by atoms with Crippen molar-refractivity contribution in [1.82, 2.24) is 9.88 Å². The standard InChI is InChI=1S/C16H23ClN2O2/c1-16(20)5-8-21-11-13(16)15-3-2-7-19(15)10-12-4-6-18-9-14(12)17/h4,6,9,13,15,20H,2-3,5,7-8,10-11H2,1H3/t13-,15+,16-/m0/s1. The van der Waals surface area contributed by atoms with Gasteiger partial charge in [-0.3, -0.25) is 9.88 Å². The Bertz CT molecular complexity index is 495. The molecule has 21 heavy (non-hydrogen) atoms. The van der Waals surface area contributed by atoms with E-state index in [0.717, 1.165) is 36.5 Å². The average Bonchev–Trinajstić information content (AvgIpc) is 2.89. The van der Waals surface area contributed by atoms with Gasteiger partial charge in [0.15, 0.2) is 0 Å². The van der Waals surface area contributed by atoms with E-state index in [0.29, 0.717) is 19.3 Å². The van der Waals surface area contributed by atoms with Crippen molar-refractivity contribution >= 4 is 11.6 Å². The third kappa shape index (κ3) is 3.24. The summed E-state index contributed by atoms with van der Waals surface area (Å²) in [7, 11) is 0. The lowest BCUT2D eigenvalue weighted by molar-refractivity contribution is -0.123. The fourth-order valence-electron chi connectivity index (χ4n) is 3.63. The number of likely N-dealkylation sites (tertiary alicyclic amines) is 1. The normalized spacial score (nSPS) is 34.2. The molecule has 3 rings (SSSR count). The van der Waals surface area contributed by atoms with Crippen LogP contribution in [0.15, 0.2) is 18.5 Å². The average molecular weight is 311 g/mol. The monoisotopic (exact) mass is 310 g/mol. The number of halogens is 1. The van der Waals surface area contributed by atoms with Crippen molar-refractivity contribution in [3.05, 3.63) is 29.0 Å². The van der Waals surface area contributed by atoms with Crippen molar-refractivity contribution in [3.63, 3.8) is 0 Å². The zero-order chi connectivity index (χ0) is 14.9. The van der Waals surface area contributed by atoms with Gasteiger partial charge in [-0.25, -0.2) is 0 Å². The lowest BCUT2D eigenvalue weighted by Gasteiger charge is -2.43. The van der Waals surface area contributed by atoms with Crippen LogP contribution in [0, 0.1) is 5.92 Å². The Kier molecular flexibility index (Phi) is 4.50.